The topological polar surface area (TPSA) is 112 Å². The van der Waals surface area contributed by atoms with Gasteiger partial charge >= 0.3 is 12.2 Å². The van der Waals surface area contributed by atoms with Crippen LogP contribution in [0.5, 0.6) is 5.75 Å². The third-order valence-corrected chi connectivity index (χ3v) is 8.18. The first kappa shape index (κ1) is 30.8. The van der Waals surface area contributed by atoms with E-state index in [2.05, 4.69) is 30.1 Å². The van der Waals surface area contributed by atoms with E-state index in [4.69, 9.17) is 37.4 Å². The third-order valence-electron chi connectivity index (χ3n) is 5.74. The molecule has 1 saturated heterocycles. The van der Waals surface area contributed by atoms with Gasteiger partial charge in [0.15, 0.2) is 11.6 Å². The number of benzene rings is 1. The second-order valence-corrected chi connectivity index (χ2v) is 18.0. The summed E-state index contributed by atoms with van der Waals surface area (Å²) in [6.45, 7) is 13.1. The normalized spacial score (nSPS) is 14.6. The Morgan fingerprint density at radius 1 is 1.10 bits per heavy atom. The van der Waals surface area contributed by atoms with E-state index in [9.17, 15) is 14.4 Å². The maximum Gasteiger partial charge on any atom is 0.412 e. The van der Waals surface area contributed by atoms with Crippen LogP contribution < -0.4 is 15.6 Å². The Balaban J connectivity index is 1.80. The fourth-order valence-corrected chi connectivity index (χ4v) is 4.67. The second-order valence-electron chi connectivity index (χ2n) is 11.6. The number of ether oxygens (including phenoxy) is 3. The maximum absolute atomic E-state index is 13.0. The number of hydrogen-bond acceptors (Lipinski definition) is 7. The van der Waals surface area contributed by atoms with Gasteiger partial charge in [-0.2, -0.15) is 4.68 Å². The van der Waals surface area contributed by atoms with Crippen molar-refractivity contribution < 1.29 is 23.8 Å². The summed E-state index contributed by atoms with van der Waals surface area (Å²) in [6, 6.07) is 6.70. The van der Waals surface area contributed by atoms with Crippen LogP contribution in [0.4, 0.5) is 15.4 Å². The predicted octanol–water partition coefficient (Wildman–Crippen LogP) is 6.20. The standard InChI is InChI=1S/C26H36Cl2N4O6Si/c1-26(2,3)38-25(35)31-11-9-18(10-12-31)37-21-16-22(33)32(17-7-8-19(27)20(28)15-17)30-23(21)29-24(34)36-13-14-39(4,5)6/h7-8,15-16,18H,9-14H2,1-6H3,(H,29,30,34). The molecule has 0 radical (unpaired) electrons. The molecule has 0 unspecified atom stereocenters. The van der Waals surface area contributed by atoms with Crippen LogP contribution in [0.25, 0.3) is 5.69 Å². The van der Waals surface area contributed by atoms with Crippen LogP contribution in [-0.2, 0) is 9.47 Å². The summed E-state index contributed by atoms with van der Waals surface area (Å²) in [7, 11) is -1.41. The number of hydrogen-bond donors (Lipinski definition) is 1. The number of rotatable bonds is 7. The molecule has 1 aliphatic rings. The van der Waals surface area contributed by atoms with Crippen molar-refractivity contribution in [1.82, 2.24) is 14.7 Å². The molecule has 10 nitrogen and oxygen atoms in total. The lowest BCUT2D eigenvalue weighted by Crippen LogP contribution is -2.44. The van der Waals surface area contributed by atoms with Gasteiger partial charge in [-0.3, -0.25) is 10.1 Å². The van der Waals surface area contributed by atoms with Crippen molar-refractivity contribution in [3.63, 3.8) is 0 Å². The van der Waals surface area contributed by atoms with E-state index in [0.29, 0.717) is 36.6 Å². The summed E-state index contributed by atoms with van der Waals surface area (Å²) < 4.78 is 18.0. The Hall–Kier alpha value is -2.76. The lowest BCUT2D eigenvalue weighted by Gasteiger charge is -2.33. The monoisotopic (exact) mass is 598 g/mol. The van der Waals surface area contributed by atoms with E-state index in [1.165, 1.54) is 12.1 Å². The average molecular weight is 600 g/mol. The highest BCUT2D eigenvalue weighted by molar-refractivity contribution is 6.76. The highest BCUT2D eigenvalue weighted by atomic mass is 35.5. The molecule has 39 heavy (non-hydrogen) atoms. The molecule has 0 spiro atoms. The summed E-state index contributed by atoms with van der Waals surface area (Å²) in [5.41, 5.74) is -0.715. The Kier molecular flexibility index (Phi) is 9.95. The van der Waals surface area contributed by atoms with Crippen LogP contribution in [0, 0.1) is 0 Å². The van der Waals surface area contributed by atoms with Crippen molar-refractivity contribution in [2.45, 2.75) is 71.0 Å². The predicted molar refractivity (Wildman–Crippen MR) is 154 cm³/mol. The van der Waals surface area contributed by atoms with Crippen LogP contribution in [-0.4, -0.2) is 66.3 Å². The molecule has 214 valence electrons. The van der Waals surface area contributed by atoms with Crippen LogP contribution in [0.3, 0.4) is 0 Å². The molecule has 2 heterocycles. The number of anilines is 1. The molecule has 1 aromatic carbocycles. The van der Waals surface area contributed by atoms with Crippen molar-refractivity contribution in [1.29, 1.82) is 0 Å². The number of aromatic nitrogens is 2. The summed E-state index contributed by atoms with van der Waals surface area (Å²) >= 11 is 12.2. The highest BCUT2D eigenvalue weighted by Crippen LogP contribution is 2.28. The minimum Gasteiger partial charge on any atom is -0.486 e. The number of halogens is 2. The first-order chi connectivity index (χ1) is 18.1. The Morgan fingerprint density at radius 3 is 2.36 bits per heavy atom. The van der Waals surface area contributed by atoms with E-state index in [0.717, 1.165) is 10.7 Å². The molecular formula is C26H36Cl2N4O6Si. The van der Waals surface area contributed by atoms with Crippen LogP contribution >= 0.6 is 23.2 Å². The zero-order valence-corrected chi connectivity index (χ0v) is 25.7. The quantitative estimate of drug-likeness (QED) is 0.377. The molecule has 0 atom stereocenters. The van der Waals surface area contributed by atoms with Gasteiger partial charge in [0.2, 0.25) is 0 Å². The molecular weight excluding hydrogens is 563 g/mol. The van der Waals surface area contributed by atoms with Gasteiger partial charge in [-0.1, -0.05) is 42.8 Å². The molecule has 1 fully saturated rings. The molecule has 0 saturated carbocycles. The smallest absolute Gasteiger partial charge is 0.412 e. The van der Waals surface area contributed by atoms with Crippen LogP contribution in [0.15, 0.2) is 29.1 Å². The van der Waals surface area contributed by atoms with Crippen LogP contribution in [0.2, 0.25) is 35.7 Å². The van der Waals surface area contributed by atoms with Gasteiger partial charge in [0.25, 0.3) is 5.56 Å². The van der Waals surface area contributed by atoms with Gasteiger partial charge in [-0.05, 0) is 45.0 Å². The van der Waals surface area contributed by atoms with Gasteiger partial charge < -0.3 is 19.1 Å². The lowest BCUT2D eigenvalue weighted by molar-refractivity contribution is 0.0126. The first-order valence-electron chi connectivity index (χ1n) is 12.8. The van der Waals surface area contributed by atoms with Gasteiger partial charge in [-0.25, -0.2) is 9.59 Å². The fraction of sp³-hybridized carbons (Fsp3) is 0.538. The number of carbonyl (C=O) groups excluding carboxylic acids is 2. The van der Waals surface area contributed by atoms with Gasteiger partial charge in [-0.15, -0.1) is 5.10 Å². The van der Waals surface area contributed by atoms with Crippen molar-refractivity contribution in [3.05, 3.63) is 44.7 Å². The van der Waals surface area contributed by atoms with Gasteiger partial charge in [0.05, 0.1) is 28.4 Å². The molecule has 13 heteroatoms. The van der Waals surface area contributed by atoms with E-state index in [-0.39, 0.29) is 35.4 Å². The molecule has 2 aromatic rings. The van der Waals surface area contributed by atoms with Crippen molar-refractivity contribution in [3.8, 4) is 11.4 Å². The zero-order valence-electron chi connectivity index (χ0n) is 23.2. The summed E-state index contributed by atoms with van der Waals surface area (Å²) in [4.78, 5) is 39.6. The van der Waals surface area contributed by atoms with E-state index in [1.54, 1.807) is 17.0 Å². The number of nitrogens with one attached hydrogen (secondary N) is 1. The van der Waals surface area contributed by atoms with Gasteiger partial charge in [0.1, 0.15) is 11.7 Å². The Bertz CT molecular complexity index is 1250. The van der Waals surface area contributed by atoms with Crippen molar-refractivity contribution in [2.75, 3.05) is 25.0 Å². The maximum atomic E-state index is 13.0. The largest absolute Gasteiger partial charge is 0.486 e. The van der Waals surface area contributed by atoms with E-state index < -0.39 is 25.3 Å². The Morgan fingerprint density at radius 2 is 1.77 bits per heavy atom. The molecule has 1 N–H and O–H groups in total. The molecule has 0 aliphatic carbocycles. The minimum absolute atomic E-state index is 0.0215. The second kappa shape index (κ2) is 12.6. The summed E-state index contributed by atoms with van der Waals surface area (Å²) in [5, 5.41) is 7.55. The van der Waals surface area contributed by atoms with Crippen molar-refractivity contribution >= 4 is 49.3 Å². The van der Waals surface area contributed by atoms with Crippen LogP contribution in [0.1, 0.15) is 33.6 Å². The Labute approximate surface area is 239 Å². The zero-order chi connectivity index (χ0) is 29.0. The third kappa shape index (κ3) is 9.43. The van der Waals surface area contributed by atoms with E-state index >= 15 is 0 Å². The fourth-order valence-electron chi connectivity index (χ4n) is 3.66. The van der Waals surface area contributed by atoms with Crippen molar-refractivity contribution in [2.24, 2.45) is 0 Å². The minimum atomic E-state index is -1.41. The summed E-state index contributed by atoms with van der Waals surface area (Å²) in [6.07, 6.45) is -0.376. The first-order valence-corrected chi connectivity index (χ1v) is 17.3. The SMILES string of the molecule is CC(C)(C)OC(=O)N1CCC(Oc2cc(=O)n(-c3ccc(Cl)c(Cl)c3)nc2NC(=O)OCC[Si](C)(C)C)CC1. The molecule has 1 aliphatic heterocycles. The highest BCUT2D eigenvalue weighted by Gasteiger charge is 2.29. The number of amides is 2. The average Bonchev–Trinajstić information content (AvgIpc) is 2.81. The molecule has 0 bridgehead atoms. The molecule has 3 rings (SSSR count). The van der Waals surface area contributed by atoms with Gasteiger partial charge in [0, 0.05) is 34.0 Å². The van der Waals surface area contributed by atoms with E-state index in [1.807, 2.05) is 20.8 Å². The number of likely N-dealkylation sites (tertiary alicyclic amines) is 1. The molecule has 1 aromatic heterocycles. The molecule has 2 amide bonds. The number of nitrogens with zero attached hydrogens (tertiary/aromatic N) is 3. The lowest BCUT2D eigenvalue weighted by atomic mass is 10.1. The number of piperidine rings is 1. The number of carbonyl (C=O) groups is 2. The summed E-state index contributed by atoms with van der Waals surface area (Å²) in [5.74, 6) is 0.127.